The predicted octanol–water partition coefficient (Wildman–Crippen LogP) is -0.00180. The van der Waals surface area contributed by atoms with E-state index in [1.807, 2.05) is 0 Å². The third kappa shape index (κ3) is 2.15. The zero-order valence-corrected chi connectivity index (χ0v) is 9.17. The van der Waals surface area contributed by atoms with Gasteiger partial charge in [0.2, 0.25) is 5.91 Å². The maximum Gasteiger partial charge on any atom is 0.351 e. The van der Waals surface area contributed by atoms with Crippen molar-refractivity contribution in [3.63, 3.8) is 0 Å². The van der Waals surface area contributed by atoms with Crippen LogP contribution < -0.4 is 16.0 Å². The van der Waals surface area contributed by atoms with E-state index in [1.165, 1.54) is 18.2 Å². The Morgan fingerprint density at radius 1 is 1.44 bits per heavy atom. The van der Waals surface area contributed by atoms with E-state index in [0.29, 0.717) is 0 Å². The molecular formula is C11H9FN3O3. The smallest absolute Gasteiger partial charge is 0.351 e. The number of amides is 4. The number of carbonyl (C=O) groups is 3. The summed E-state index contributed by atoms with van der Waals surface area (Å²) in [6.45, 7) is -0.222. The molecule has 1 atom stereocenters. The molecule has 0 spiro atoms. The Balaban J connectivity index is 2.30. The molecule has 4 amide bonds. The van der Waals surface area contributed by atoms with Crippen LogP contribution >= 0.6 is 0 Å². The quantitative estimate of drug-likeness (QED) is 0.748. The first-order valence-electron chi connectivity index (χ1n) is 5.11. The summed E-state index contributed by atoms with van der Waals surface area (Å²) in [5, 5.41) is 3.20. The Hall–Kier alpha value is -2.44. The minimum absolute atomic E-state index is 0.222. The van der Waals surface area contributed by atoms with Crippen LogP contribution in [0.1, 0.15) is 0 Å². The van der Waals surface area contributed by atoms with E-state index in [2.05, 4.69) is 5.32 Å². The van der Waals surface area contributed by atoms with E-state index in [0.717, 1.165) is 11.0 Å². The fourth-order valence-electron chi connectivity index (χ4n) is 1.64. The summed E-state index contributed by atoms with van der Waals surface area (Å²) in [7, 11) is 0. The van der Waals surface area contributed by atoms with Crippen molar-refractivity contribution in [1.29, 1.82) is 0 Å². The predicted molar refractivity (Wildman–Crippen MR) is 59.0 cm³/mol. The molecule has 1 aliphatic heterocycles. The first-order valence-corrected chi connectivity index (χ1v) is 5.11. The monoisotopic (exact) mass is 250 g/mol. The molecule has 93 valence electrons. The average Bonchev–Trinajstić information content (AvgIpc) is 2.28. The molecule has 1 aromatic rings. The third-order valence-electron chi connectivity index (χ3n) is 2.56. The first kappa shape index (κ1) is 12.0. The van der Waals surface area contributed by atoms with Crippen molar-refractivity contribution in [1.82, 2.24) is 5.32 Å². The zero-order valence-electron chi connectivity index (χ0n) is 9.17. The van der Waals surface area contributed by atoms with Crippen LogP contribution in [0.4, 0.5) is 14.9 Å². The number of imide groups is 1. The molecule has 1 radical (unpaired) electrons. The zero-order chi connectivity index (χ0) is 13.3. The summed E-state index contributed by atoms with van der Waals surface area (Å²) < 4.78 is 13.1. The number of urea groups is 1. The highest BCUT2D eigenvalue weighted by Crippen LogP contribution is 2.20. The van der Waals surface area contributed by atoms with Gasteiger partial charge in [-0.2, -0.15) is 5.32 Å². The molecule has 1 aromatic carbocycles. The molecule has 0 aromatic heterocycles. The van der Waals surface area contributed by atoms with Crippen molar-refractivity contribution >= 4 is 23.5 Å². The average molecular weight is 250 g/mol. The summed E-state index contributed by atoms with van der Waals surface area (Å²) >= 11 is 0. The number of nitrogens with zero attached hydrogens (tertiary/aromatic N) is 2. The highest BCUT2D eigenvalue weighted by molar-refractivity contribution is 6.12. The number of hydrogen-bond donors (Lipinski definition) is 1. The molecule has 1 fully saturated rings. The van der Waals surface area contributed by atoms with Crippen LogP contribution in [0.3, 0.4) is 0 Å². The van der Waals surface area contributed by atoms with Gasteiger partial charge in [-0.05, 0) is 18.2 Å². The number of hydrogen-bond acceptors (Lipinski definition) is 3. The van der Waals surface area contributed by atoms with Crippen LogP contribution in [0, 0.1) is 11.7 Å². The molecule has 1 heterocycles. The standard InChI is InChI=1S/C11H9FN3O3/c12-6-2-1-3-7(4-6)15-5-8(9(13)16)10(17)14-11(15)18/h1-4,8H,5H2,(H2,13,16). The molecular weight excluding hydrogens is 241 g/mol. The van der Waals surface area contributed by atoms with E-state index in [1.54, 1.807) is 0 Å². The van der Waals surface area contributed by atoms with Crippen LogP contribution in [-0.4, -0.2) is 24.4 Å². The number of nitrogens with two attached hydrogens (primary N) is 1. The van der Waals surface area contributed by atoms with Gasteiger partial charge in [-0.1, -0.05) is 6.07 Å². The maximum atomic E-state index is 13.1. The number of halogens is 1. The number of primary amides is 1. The second kappa shape index (κ2) is 4.44. The fourth-order valence-corrected chi connectivity index (χ4v) is 1.64. The Kier molecular flexibility index (Phi) is 2.97. The van der Waals surface area contributed by atoms with E-state index < -0.39 is 29.6 Å². The molecule has 6 nitrogen and oxygen atoms in total. The molecule has 18 heavy (non-hydrogen) atoms. The second-order valence-corrected chi connectivity index (χ2v) is 3.78. The summed E-state index contributed by atoms with van der Waals surface area (Å²) in [6.07, 6.45) is 0. The van der Waals surface area contributed by atoms with Gasteiger partial charge in [-0.25, -0.2) is 9.18 Å². The van der Waals surface area contributed by atoms with Crippen molar-refractivity contribution in [2.24, 2.45) is 11.7 Å². The number of carbonyl (C=O) groups excluding carboxylic acids is 3. The lowest BCUT2D eigenvalue weighted by molar-refractivity contribution is -0.133. The van der Waals surface area contributed by atoms with Gasteiger partial charge in [0.25, 0.3) is 5.91 Å². The maximum absolute atomic E-state index is 13.1. The SMILES string of the molecule is NC(=O)C1CN(c2cccc(F)c2)C(=O)[N]C1=O. The van der Waals surface area contributed by atoms with E-state index in [4.69, 9.17) is 5.73 Å². The molecule has 7 heteroatoms. The Morgan fingerprint density at radius 3 is 2.78 bits per heavy atom. The Morgan fingerprint density at radius 2 is 2.17 bits per heavy atom. The van der Waals surface area contributed by atoms with Gasteiger partial charge in [0.15, 0.2) is 0 Å². The van der Waals surface area contributed by atoms with Gasteiger partial charge in [-0.15, -0.1) is 0 Å². The van der Waals surface area contributed by atoms with E-state index >= 15 is 0 Å². The van der Waals surface area contributed by atoms with Gasteiger partial charge in [0.1, 0.15) is 11.7 Å². The van der Waals surface area contributed by atoms with E-state index in [-0.39, 0.29) is 12.2 Å². The summed E-state index contributed by atoms with van der Waals surface area (Å²) in [6, 6.07) is 4.38. The van der Waals surface area contributed by atoms with Gasteiger partial charge in [-0.3, -0.25) is 14.5 Å². The normalized spacial score (nSPS) is 19.6. The number of rotatable bonds is 2. The Labute approximate surface area is 102 Å². The number of anilines is 1. The molecule has 2 N–H and O–H groups in total. The first-order chi connectivity index (χ1) is 8.49. The molecule has 0 saturated carbocycles. The van der Waals surface area contributed by atoms with Crippen molar-refractivity contribution in [2.45, 2.75) is 0 Å². The Bertz CT molecular complexity index is 532. The van der Waals surface area contributed by atoms with Gasteiger partial charge in [0, 0.05) is 12.2 Å². The van der Waals surface area contributed by atoms with Gasteiger partial charge >= 0.3 is 6.03 Å². The van der Waals surface area contributed by atoms with Crippen molar-refractivity contribution in [3.8, 4) is 0 Å². The molecule has 0 bridgehead atoms. The van der Waals surface area contributed by atoms with Crippen LogP contribution in [0.25, 0.3) is 0 Å². The van der Waals surface area contributed by atoms with Gasteiger partial charge in [0.05, 0.1) is 0 Å². The topological polar surface area (TPSA) is 94.6 Å². The highest BCUT2D eigenvalue weighted by atomic mass is 19.1. The number of benzene rings is 1. The van der Waals surface area contributed by atoms with Crippen LogP contribution in [-0.2, 0) is 9.59 Å². The highest BCUT2D eigenvalue weighted by Gasteiger charge is 2.38. The fraction of sp³-hybridized carbons (Fsp3) is 0.182. The van der Waals surface area contributed by atoms with Crippen LogP contribution in [0.5, 0.6) is 0 Å². The van der Waals surface area contributed by atoms with Crippen molar-refractivity contribution < 1.29 is 18.8 Å². The summed E-state index contributed by atoms with van der Waals surface area (Å²) in [4.78, 5) is 34.9. The minimum Gasteiger partial charge on any atom is -0.369 e. The summed E-state index contributed by atoms with van der Waals surface area (Å²) in [5.41, 5.74) is 5.27. The lowest BCUT2D eigenvalue weighted by Gasteiger charge is -2.28. The van der Waals surface area contributed by atoms with Gasteiger partial charge < -0.3 is 5.73 Å². The molecule has 1 aliphatic rings. The third-order valence-corrected chi connectivity index (χ3v) is 2.56. The van der Waals surface area contributed by atoms with Crippen molar-refractivity contribution in [3.05, 3.63) is 30.1 Å². The van der Waals surface area contributed by atoms with Crippen LogP contribution in [0.15, 0.2) is 24.3 Å². The van der Waals surface area contributed by atoms with Crippen molar-refractivity contribution in [2.75, 3.05) is 11.4 Å². The lowest BCUT2D eigenvalue weighted by atomic mass is 10.1. The molecule has 0 aliphatic carbocycles. The second-order valence-electron chi connectivity index (χ2n) is 3.78. The van der Waals surface area contributed by atoms with E-state index in [9.17, 15) is 18.8 Å². The molecule has 2 rings (SSSR count). The molecule has 1 unspecified atom stereocenters. The molecule has 1 saturated heterocycles. The largest absolute Gasteiger partial charge is 0.369 e. The lowest BCUT2D eigenvalue weighted by Crippen LogP contribution is -2.54. The van der Waals surface area contributed by atoms with Crippen LogP contribution in [0.2, 0.25) is 0 Å². The summed E-state index contributed by atoms with van der Waals surface area (Å²) in [5.74, 6) is -3.45. The minimum atomic E-state index is -1.19.